The Kier molecular flexibility index (Phi) is 6.45. The summed E-state index contributed by atoms with van der Waals surface area (Å²) >= 11 is 5.82. The van der Waals surface area contributed by atoms with Gasteiger partial charge in [0.2, 0.25) is 5.75 Å². The number of nitro benzene ring substituents is 2. The van der Waals surface area contributed by atoms with Gasteiger partial charge in [-0.15, -0.1) is 0 Å². The second kappa shape index (κ2) is 8.77. The van der Waals surface area contributed by atoms with Crippen LogP contribution < -0.4 is 10.2 Å². The maximum Gasteiger partial charge on any atom is 0.318 e. The Labute approximate surface area is 162 Å². The summed E-state index contributed by atoms with van der Waals surface area (Å²) in [7, 11) is 0. The summed E-state index contributed by atoms with van der Waals surface area (Å²) in [4.78, 5) is 31.7. The van der Waals surface area contributed by atoms with Crippen LogP contribution in [-0.2, 0) is 4.79 Å². The number of hydrazone groups is 1. The standard InChI is InChI=1S/C16H13ClN4O7/c1-9-4-11(17)2-3-14(9)28-8-15(22)19-18-7-10-5-12(20(24)25)6-13(16(10)23)21(26)27/h2-7,23H,8H2,1H3,(H,19,22)/b18-7+. The van der Waals surface area contributed by atoms with Gasteiger partial charge in [0, 0.05) is 11.1 Å². The number of aromatic hydroxyl groups is 1. The number of carbonyl (C=O) groups excluding carboxylic acids is 1. The van der Waals surface area contributed by atoms with Crippen molar-refractivity contribution in [3.8, 4) is 11.5 Å². The molecule has 28 heavy (non-hydrogen) atoms. The van der Waals surface area contributed by atoms with Crippen LogP contribution in [0.5, 0.6) is 11.5 Å². The Morgan fingerprint density at radius 3 is 2.61 bits per heavy atom. The van der Waals surface area contributed by atoms with E-state index < -0.39 is 32.9 Å². The molecule has 11 nitrogen and oxygen atoms in total. The zero-order valence-corrected chi connectivity index (χ0v) is 15.0. The summed E-state index contributed by atoms with van der Waals surface area (Å²) in [6.07, 6.45) is 0.848. The van der Waals surface area contributed by atoms with Crippen molar-refractivity contribution in [2.75, 3.05) is 6.61 Å². The van der Waals surface area contributed by atoms with Crippen LogP contribution in [0.25, 0.3) is 0 Å². The highest BCUT2D eigenvalue weighted by molar-refractivity contribution is 6.30. The second-order valence-corrected chi connectivity index (χ2v) is 5.85. The summed E-state index contributed by atoms with van der Waals surface area (Å²) in [6.45, 7) is 1.36. The fourth-order valence-corrected chi connectivity index (χ4v) is 2.32. The molecule has 0 radical (unpaired) electrons. The summed E-state index contributed by atoms with van der Waals surface area (Å²) in [5, 5.41) is 35.6. The van der Waals surface area contributed by atoms with Crippen LogP contribution in [0.15, 0.2) is 35.4 Å². The van der Waals surface area contributed by atoms with Crippen LogP contribution in [0.4, 0.5) is 11.4 Å². The number of nitrogens with zero attached hydrogens (tertiary/aromatic N) is 3. The Balaban J connectivity index is 2.06. The lowest BCUT2D eigenvalue weighted by Crippen LogP contribution is -2.24. The first-order valence-electron chi connectivity index (χ1n) is 7.55. The molecule has 0 aliphatic heterocycles. The van der Waals surface area contributed by atoms with Gasteiger partial charge in [0.25, 0.3) is 11.6 Å². The van der Waals surface area contributed by atoms with E-state index in [1.807, 2.05) is 0 Å². The lowest BCUT2D eigenvalue weighted by molar-refractivity contribution is -0.394. The van der Waals surface area contributed by atoms with Crippen LogP contribution in [-0.4, -0.2) is 33.7 Å². The van der Waals surface area contributed by atoms with Crippen LogP contribution in [0.2, 0.25) is 5.02 Å². The van der Waals surface area contributed by atoms with E-state index in [4.69, 9.17) is 16.3 Å². The fourth-order valence-electron chi connectivity index (χ4n) is 2.09. The van der Waals surface area contributed by atoms with Crippen molar-refractivity contribution in [2.45, 2.75) is 6.92 Å². The van der Waals surface area contributed by atoms with Gasteiger partial charge in [-0.2, -0.15) is 5.10 Å². The number of halogens is 1. The summed E-state index contributed by atoms with van der Waals surface area (Å²) < 4.78 is 5.31. The van der Waals surface area contributed by atoms with Crippen molar-refractivity contribution >= 4 is 35.1 Å². The minimum absolute atomic E-state index is 0.310. The Morgan fingerprint density at radius 2 is 2.00 bits per heavy atom. The molecule has 146 valence electrons. The number of benzene rings is 2. The molecule has 1 amide bonds. The van der Waals surface area contributed by atoms with Crippen LogP contribution in [0.1, 0.15) is 11.1 Å². The second-order valence-electron chi connectivity index (χ2n) is 5.41. The predicted octanol–water partition coefficient (Wildman–Crippen LogP) is 2.70. The molecule has 0 saturated heterocycles. The normalized spacial score (nSPS) is 10.6. The smallest absolute Gasteiger partial charge is 0.318 e. The van der Waals surface area contributed by atoms with Gasteiger partial charge in [-0.05, 0) is 30.7 Å². The number of nitro groups is 2. The average Bonchev–Trinajstić information content (AvgIpc) is 2.61. The number of nitrogens with one attached hydrogen (secondary N) is 1. The number of phenols is 1. The Morgan fingerprint density at radius 1 is 1.29 bits per heavy atom. The first-order chi connectivity index (χ1) is 13.2. The molecule has 0 spiro atoms. The van der Waals surface area contributed by atoms with Crippen molar-refractivity contribution in [1.29, 1.82) is 0 Å². The van der Waals surface area contributed by atoms with E-state index in [0.717, 1.165) is 17.8 Å². The van der Waals surface area contributed by atoms with Gasteiger partial charge in [-0.3, -0.25) is 25.0 Å². The molecule has 2 N–H and O–H groups in total. The monoisotopic (exact) mass is 408 g/mol. The lowest BCUT2D eigenvalue weighted by Gasteiger charge is -2.08. The highest BCUT2D eigenvalue weighted by Crippen LogP contribution is 2.33. The fraction of sp³-hybridized carbons (Fsp3) is 0.125. The van der Waals surface area contributed by atoms with E-state index in [1.165, 1.54) is 0 Å². The van der Waals surface area contributed by atoms with E-state index in [1.54, 1.807) is 25.1 Å². The molecule has 0 aliphatic rings. The molecule has 0 aromatic heterocycles. The number of aryl methyl sites for hydroxylation is 1. The minimum Gasteiger partial charge on any atom is -0.502 e. The predicted molar refractivity (Wildman–Crippen MR) is 98.8 cm³/mol. The van der Waals surface area contributed by atoms with Gasteiger partial charge in [0.05, 0.1) is 27.7 Å². The molecule has 0 aliphatic carbocycles. The van der Waals surface area contributed by atoms with Gasteiger partial charge < -0.3 is 9.84 Å². The van der Waals surface area contributed by atoms with Crippen LogP contribution >= 0.6 is 11.6 Å². The van der Waals surface area contributed by atoms with E-state index >= 15 is 0 Å². The zero-order chi connectivity index (χ0) is 20.8. The molecule has 12 heteroatoms. The summed E-state index contributed by atoms with van der Waals surface area (Å²) in [6, 6.07) is 6.34. The number of carbonyl (C=O) groups is 1. The third-order valence-corrected chi connectivity index (χ3v) is 3.64. The van der Waals surface area contributed by atoms with Crippen molar-refractivity contribution in [3.63, 3.8) is 0 Å². The molecule has 0 saturated carbocycles. The number of hydrogen-bond acceptors (Lipinski definition) is 8. The molecule has 2 aromatic carbocycles. The number of hydrogen-bond donors (Lipinski definition) is 2. The third kappa shape index (κ3) is 5.14. The van der Waals surface area contributed by atoms with E-state index in [-0.39, 0.29) is 12.2 Å². The van der Waals surface area contributed by atoms with Crippen molar-refractivity contribution in [1.82, 2.24) is 5.43 Å². The first kappa shape index (κ1) is 20.6. The highest BCUT2D eigenvalue weighted by Gasteiger charge is 2.23. The molecule has 2 rings (SSSR count). The topological polar surface area (TPSA) is 157 Å². The molecule has 2 aromatic rings. The lowest BCUT2D eigenvalue weighted by atomic mass is 10.1. The molecular formula is C16H13ClN4O7. The molecule has 0 atom stereocenters. The first-order valence-corrected chi connectivity index (χ1v) is 7.93. The van der Waals surface area contributed by atoms with Gasteiger partial charge in [0.1, 0.15) is 5.75 Å². The quantitative estimate of drug-likeness (QED) is 0.405. The van der Waals surface area contributed by atoms with Gasteiger partial charge in [-0.25, -0.2) is 5.43 Å². The molecule has 0 heterocycles. The third-order valence-electron chi connectivity index (χ3n) is 3.40. The number of non-ortho nitro benzene ring substituents is 1. The molecule has 0 unspecified atom stereocenters. The zero-order valence-electron chi connectivity index (χ0n) is 14.3. The maximum atomic E-state index is 11.8. The van der Waals surface area contributed by atoms with Crippen LogP contribution in [0, 0.1) is 27.2 Å². The SMILES string of the molecule is Cc1cc(Cl)ccc1OCC(=O)N/N=C/c1cc([N+](=O)[O-])cc([N+](=O)[O-])c1O. The maximum absolute atomic E-state index is 11.8. The highest BCUT2D eigenvalue weighted by atomic mass is 35.5. The van der Waals surface area contributed by atoms with Gasteiger partial charge in [-0.1, -0.05) is 11.6 Å². The summed E-state index contributed by atoms with van der Waals surface area (Å²) in [5.41, 5.74) is 1.03. The van der Waals surface area contributed by atoms with Gasteiger partial charge >= 0.3 is 5.69 Å². The molecular weight excluding hydrogens is 396 g/mol. The van der Waals surface area contributed by atoms with E-state index in [9.17, 15) is 30.1 Å². The Bertz CT molecular complexity index is 978. The number of amides is 1. The number of rotatable bonds is 7. The average molecular weight is 409 g/mol. The number of phenolic OH excluding ortho intramolecular Hbond substituents is 1. The number of ether oxygens (including phenoxy) is 1. The Hall–Kier alpha value is -3.73. The van der Waals surface area contributed by atoms with Gasteiger partial charge in [0.15, 0.2) is 6.61 Å². The molecule has 0 fully saturated rings. The summed E-state index contributed by atoms with van der Waals surface area (Å²) in [5.74, 6) is -1.04. The van der Waals surface area contributed by atoms with E-state index in [2.05, 4.69) is 10.5 Å². The van der Waals surface area contributed by atoms with Crippen LogP contribution in [0.3, 0.4) is 0 Å². The van der Waals surface area contributed by atoms with Crippen molar-refractivity contribution in [2.24, 2.45) is 5.10 Å². The largest absolute Gasteiger partial charge is 0.502 e. The van der Waals surface area contributed by atoms with Crippen molar-refractivity contribution < 1.29 is 24.5 Å². The van der Waals surface area contributed by atoms with Crippen molar-refractivity contribution in [3.05, 3.63) is 66.7 Å². The molecule has 0 bridgehead atoms. The van der Waals surface area contributed by atoms with E-state index in [0.29, 0.717) is 16.8 Å². The minimum atomic E-state index is -0.972.